The highest BCUT2D eigenvalue weighted by molar-refractivity contribution is 6.33. The molecule has 2 aliphatic heterocycles. The summed E-state index contributed by atoms with van der Waals surface area (Å²) in [5.41, 5.74) is 3.76. The minimum absolute atomic E-state index is 0.224. The molecule has 0 saturated carbocycles. The van der Waals surface area contributed by atoms with E-state index in [-0.39, 0.29) is 5.91 Å². The van der Waals surface area contributed by atoms with Crippen LogP contribution in [-0.2, 0) is 4.74 Å². The number of carbonyl (C=O) groups excluding carboxylic acids is 1. The van der Waals surface area contributed by atoms with Crippen molar-refractivity contribution < 1.29 is 9.53 Å². The van der Waals surface area contributed by atoms with Crippen LogP contribution < -0.4 is 10.2 Å². The van der Waals surface area contributed by atoms with Gasteiger partial charge in [-0.15, -0.1) is 0 Å². The van der Waals surface area contributed by atoms with E-state index < -0.39 is 0 Å². The lowest BCUT2D eigenvalue weighted by Crippen LogP contribution is -2.49. The molecule has 1 N–H and O–H groups in total. The summed E-state index contributed by atoms with van der Waals surface area (Å²) in [4.78, 5) is 17.9. The molecule has 35 heavy (non-hydrogen) atoms. The highest BCUT2D eigenvalue weighted by Crippen LogP contribution is 2.32. The standard InChI is InChI=1S/C26H29Cl2N5O2/c1-18-23(17-29-33(18)22-5-2-19(27)3-6-22)26(34)30-20-4-7-25(24(28)16-20)32-10-8-21(9-11-32)31-12-14-35-15-13-31/h2-7,16-17,21H,8-15H2,1H3,(H,30,34). The highest BCUT2D eigenvalue weighted by atomic mass is 35.5. The first kappa shape index (κ1) is 24.1. The van der Waals surface area contributed by atoms with Gasteiger partial charge in [-0.05, 0) is 62.2 Å². The third kappa shape index (κ3) is 5.33. The van der Waals surface area contributed by atoms with Crippen LogP contribution in [0.5, 0.6) is 0 Å². The van der Waals surface area contributed by atoms with E-state index >= 15 is 0 Å². The molecule has 9 heteroatoms. The summed E-state index contributed by atoms with van der Waals surface area (Å²) in [5, 5.41) is 8.63. The second-order valence-electron chi connectivity index (χ2n) is 9.02. The van der Waals surface area contributed by atoms with Crippen molar-refractivity contribution in [2.45, 2.75) is 25.8 Å². The maximum atomic E-state index is 13.0. The zero-order valence-corrected chi connectivity index (χ0v) is 21.2. The molecule has 2 saturated heterocycles. The molecule has 0 atom stereocenters. The monoisotopic (exact) mass is 513 g/mol. The van der Waals surface area contributed by atoms with Crippen molar-refractivity contribution in [1.82, 2.24) is 14.7 Å². The van der Waals surface area contributed by atoms with Crippen molar-refractivity contribution in [2.24, 2.45) is 0 Å². The average molecular weight is 514 g/mol. The quantitative estimate of drug-likeness (QED) is 0.517. The number of rotatable bonds is 5. The van der Waals surface area contributed by atoms with Crippen LogP contribution in [0.4, 0.5) is 11.4 Å². The van der Waals surface area contributed by atoms with Crippen molar-refractivity contribution in [1.29, 1.82) is 0 Å². The van der Waals surface area contributed by atoms with E-state index in [1.165, 1.54) is 0 Å². The second-order valence-corrected chi connectivity index (χ2v) is 9.86. The second kappa shape index (κ2) is 10.6. The van der Waals surface area contributed by atoms with Gasteiger partial charge in [-0.2, -0.15) is 5.10 Å². The predicted octanol–water partition coefficient (Wildman–Crippen LogP) is 5.04. The van der Waals surface area contributed by atoms with Gasteiger partial charge in [-0.3, -0.25) is 9.69 Å². The van der Waals surface area contributed by atoms with Gasteiger partial charge in [-0.1, -0.05) is 23.2 Å². The summed E-state index contributed by atoms with van der Waals surface area (Å²) in [6.07, 6.45) is 3.81. The number of nitrogens with zero attached hydrogens (tertiary/aromatic N) is 4. The van der Waals surface area contributed by atoms with E-state index in [0.717, 1.165) is 69.3 Å². The lowest BCUT2D eigenvalue weighted by atomic mass is 10.0. The van der Waals surface area contributed by atoms with E-state index in [9.17, 15) is 4.79 Å². The Morgan fingerprint density at radius 3 is 2.43 bits per heavy atom. The van der Waals surface area contributed by atoms with Crippen LogP contribution in [0.15, 0.2) is 48.7 Å². The molecule has 0 spiro atoms. The Morgan fingerprint density at radius 2 is 1.74 bits per heavy atom. The van der Waals surface area contributed by atoms with Gasteiger partial charge in [0.05, 0.1) is 47.1 Å². The molecule has 2 fully saturated rings. The minimum atomic E-state index is -0.224. The van der Waals surface area contributed by atoms with Crippen LogP contribution >= 0.6 is 23.2 Å². The first-order valence-corrected chi connectivity index (χ1v) is 12.7. The van der Waals surface area contributed by atoms with Gasteiger partial charge in [0, 0.05) is 42.9 Å². The third-order valence-corrected chi connectivity index (χ3v) is 7.45. The number of anilines is 2. The molecule has 1 amide bonds. The summed E-state index contributed by atoms with van der Waals surface area (Å²) < 4.78 is 7.21. The molecule has 184 valence electrons. The van der Waals surface area contributed by atoms with Crippen LogP contribution in [-0.4, -0.2) is 66.0 Å². The Balaban J connectivity index is 1.22. The van der Waals surface area contributed by atoms with Gasteiger partial charge in [-0.25, -0.2) is 4.68 Å². The highest BCUT2D eigenvalue weighted by Gasteiger charge is 2.26. The fraction of sp³-hybridized carbons (Fsp3) is 0.385. The van der Waals surface area contributed by atoms with Gasteiger partial charge >= 0.3 is 0 Å². The number of piperidine rings is 1. The van der Waals surface area contributed by atoms with E-state index in [0.29, 0.717) is 27.3 Å². The molecule has 0 radical (unpaired) electrons. The van der Waals surface area contributed by atoms with Crippen LogP contribution in [0.25, 0.3) is 5.69 Å². The van der Waals surface area contributed by atoms with E-state index in [1.807, 2.05) is 37.3 Å². The number of benzene rings is 2. The summed E-state index contributed by atoms with van der Waals surface area (Å²) in [6, 6.07) is 13.7. The molecule has 1 aromatic heterocycles. The van der Waals surface area contributed by atoms with E-state index in [4.69, 9.17) is 27.9 Å². The minimum Gasteiger partial charge on any atom is -0.379 e. The molecule has 3 aromatic rings. The molecular formula is C26H29Cl2N5O2. The number of morpholine rings is 1. The zero-order valence-electron chi connectivity index (χ0n) is 19.7. The van der Waals surface area contributed by atoms with Gasteiger partial charge in [0.15, 0.2) is 0 Å². The lowest BCUT2D eigenvalue weighted by Gasteiger charge is -2.41. The SMILES string of the molecule is Cc1c(C(=O)Nc2ccc(N3CCC(N4CCOCC4)CC3)c(Cl)c2)cnn1-c1ccc(Cl)cc1. The number of hydrogen-bond acceptors (Lipinski definition) is 5. The van der Waals surface area contributed by atoms with Crippen LogP contribution in [0.2, 0.25) is 10.0 Å². The Kier molecular flexibility index (Phi) is 7.29. The number of aromatic nitrogens is 2. The lowest BCUT2D eigenvalue weighted by molar-refractivity contribution is 0.0115. The topological polar surface area (TPSA) is 62.6 Å². The third-order valence-electron chi connectivity index (χ3n) is 6.90. The molecule has 0 aliphatic carbocycles. The molecule has 5 rings (SSSR count). The number of halogens is 2. The average Bonchev–Trinajstić information content (AvgIpc) is 3.27. The number of carbonyl (C=O) groups is 1. The van der Waals surface area contributed by atoms with Crippen LogP contribution in [0.3, 0.4) is 0 Å². The fourth-order valence-electron chi connectivity index (χ4n) is 4.93. The van der Waals surface area contributed by atoms with Gasteiger partial charge in [0.1, 0.15) is 0 Å². The largest absolute Gasteiger partial charge is 0.379 e. The maximum absolute atomic E-state index is 13.0. The summed E-state index contributed by atoms with van der Waals surface area (Å²) in [6.45, 7) is 7.53. The van der Waals surface area contributed by atoms with Crippen LogP contribution in [0, 0.1) is 6.92 Å². The Morgan fingerprint density at radius 1 is 1.03 bits per heavy atom. The van der Waals surface area contributed by atoms with Crippen molar-refractivity contribution in [2.75, 3.05) is 49.6 Å². The molecule has 7 nitrogen and oxygen atoms in total. The van der Waals surface area contributed by atoms with Gasteiger partial charge < -0.3 is 15.0 Å². The zero-order chi connectivity index (χ0) is 24.4. The van der Waals surface area contributed by atoms with Gasteiger partial charge in [0.25, 0.3) is 5.91 Å². The smallest absolute Gasteiger partial charge is 0.259 e. The first-order chi connectivity index (χ1) is 17.0. The van der Waals surface area contributed by atoms with Gasteiger partial charge in [0.2, 0.25) is 0 Å². The molecule has 0 unspecified atom stereocenters. The Bertz CT molecular complexity index is 1180. The number of hydrogen-bond donors (Lipinski definition) is 1. The van der Waals surface area contributed by atoms with E-state index in [2.05, 4.69) is 20.2 Å². The number of amides is 1. The van der Waals surface area contributed by atoms with Crippen molar-refractivity contribution in [3.8, 4) is 5.69 Å². The Labute approximate surface area is 215 Å². The van der Waals surface area contributed by atoms with Crippen molar-refractivity contribution in [3.63, 3.8) is 0 Å². The molecule has 3 heterocycles. The van der Waals surface area contributed by atoms with E-state index in [1.54, 1.807) is 23.0 Å². The maximum Gasteiger partial charge on any atom is 0.259 e. The molecule has 0 bridgehead atoms. The summed E-state index contributed by atoms with van der Waals surface area (Å²) in [7, 11) is 0. The Hall–Kier alpha value is -2.58. The predicted molar refractivity (Wildman–Crippen MR) is 140 cm³/mol. The van der Waals surface area contributed by atoms with Crippen molar-refractivity contribution in [3.05, 3.63) is 70.0 Å². The summed E-state index contributed by atoms with van der Waals surface area (Å²) in [5.74, 6) is -0.224. The fourth-order valence-corrected chi connectivity index (χ4v) is 5.36. The number of ether oxygens (including phenoxy) is 1. The normalized spacial score (nSPS) is 17.5. The van der Waals surface area contributed by atoms with Crippen LogP contribution in [0.1, 0.15) is 28.9 Å². The van der Waals surface area contributed by atoms with Crippen molar-refractivity contribution >= 4 is 40.5 Å². The molecule has 2 aromatic carbocycles. The summed E-state index contributed by atoms with van der Waals surface area (Å²) >= 11 is 12.6. The molecule has 2 aliphatic rings. The number of nitrogens with one attached hydrogen (secondary N) is 1. The molecular weight excluding hydrogens is 485 g/mol. The first-order valence-electron chi connectivity index (χ1n) is 12.0.